The molecule has 1 fully saturated rings. The minimum Gasteiger partial charge on any atom is -0.369 e. The van der Waals surface area contributed by atoms with Gasteiger partial charge in [-0.25, -0.2) is 0 Å². The number of halogens is 1. The van der Waals surface area contributed by atoms with Crippen molar-refractivity contribution in [2.75, 3.05) is 18.4 Å². The van der Waals surface area contributed by atoms with Crippen LogP contribution in [0.4, 0.5) is 5.69 Å². The number of amides is 2. The van der Waals surface area contributed by atoms with Crippen molar-refractivity contribution in [2.45, 2.75) is 19.8 Å². The molecule has 0 unspecified atom stereocenters. The van der Waals surface area contributed by atoms with E-state index in [2.05, 4.69) is 26.6 Å². The number of hydrogen-bond donors (Lipinski definition) is 2. The highest BCUT2D eigenvalue weighted by Crippen LogP contribution is 2.35. The maximum Gasteiger partial charge on any atom is 0.236 e. The first kappa shape index (κ1) is 20.3. The zero-order chi connectivity index (χ0) is 21.3. The molecule has 6 nitrogen and oxygen atoms in total. The van der Waals surface area contributed by atoms with Crippen molar-refractivity contribution in [3.05, 3.63) is 75.5 Å². The Balaban J connectivity index is 1.59. The average Bonchev–Trinajstić information content (AvgIpc) is 3.32. The highest BCUT2D eigenvalue weighted by Gasteiger charge is 2.45. The van der Waals surface area contributed by atoms with Gasteiger partial charge < -0.3 is 10.6 Å². The van der Waals surface area contributed by atoms with Gasteiger partial charge in [-0.05, 0) is 30.2 Å². The second-order valence-electron chi connectivity index (χ2n) is 7.33. The molecule has 2 aromatic rings. The Hall–Kier alpha value is -2.93. The molecular weight excluding hydrogens is 446 g/mol. The summed E-state index contributed by atoms with van der Waals surface area (Å²) >= 11 is 3.44. The number of rotatable bonds is 6. The van der Waals surface area contributed by atoms with Gasteiger partial charge in [-0.3, -0.25) is 19.3 Å². The van der Waals surface area contributed by atoms with Gasteiger partial charge in [-0.15, -0.1) is 0 Å². The van der Waals surface area contributed by atoms with E-state index in [1.165, 1.54) is 0 Å². The van der Waals surface area contributed by atoms with Crippen LogP contribution in [-0.4, -0.2) is 35.6 Å². The molecule has 0 bridgehead atoms. The van der Waals surface area contributed by atoms with Gasteiger partial charge in [-0.1, -0.05) is 53.2 Å². The molecule has 2 N–H and O–H groups in total. The highest BCUT2D eigenvalue weighted by atomic mass is 79.9. The van der Waals surface area contributed by atoms with Crippen molar-refractivity contribution < 1.29 is 14.4 Å². The van der Waals surface area contributed by atoms with Gasteiger partial charge in [0.15, 0.2) is 5.78 Å². The van der Waals surface area contributed by atoms with Crippen molar-refractivity contribution in [3.63, 3.8) is 0 Å². The zero-order valence-electron chi connectivity index (χ0n) is 16.6. The highest BCUT2D eigenvalue weighted by molar-refractivity contribution is 9.10. The Kier molecular flexibility index (Phi) is 5.72. The molecular formula is C23H22BrN3O3. The van der Waals surface area contributed by atoms with E-state index in [0.717, 1.165) is 22.1 Å². The van der Waals surface area contributed by atoms with Crippen LogP contribution in [-0.2, 0) is 16.0 Å². The molecule has 0 radical (unpaired) electrons. The molecule has 30 heavy (non-hydrogen) atoms. The third kappa shape index (κ3) is 3.77. The number of hydrogen-bond acceptors (Lipinski definition) is 4. The van der Waals surface area contributed by atoms with Gasteiger partial charge in [0.1, 0.15) is 5.82 Å². The van der Waals surface area contributed by atoms with Crippen LogP contribution in [0.2, 0.25) is 0 Å². The molecule has 1 atom stereocenters. The zero-order valence-corrected chi connectivity index (χ0v) is 18.2. The summed E-state index contributed by atoms with van der Waals surface area (Å²) in [6.45, 7) is 3.12. The molecule has 0 spiro atoms. The van der Waals surface area contributed by atoms with Gasteiger partial charge in [0.25, 0.3) is 0 Å². The van der Waals surface area contributed by atoms with Crippen molar-refractivity contribution >= 4 is 39.2 Å². The van der Waals surface area contributed by atoms with Crippen LogP contribution >= 0.6 is 15.9 Å². The van der Waals surface area contributed by atoms with E-state index in [4.69, 9.17) is 0 Å². The van der Waals surface area contributed by atoms with Crippen LogP contribution in [0.5, 0.6) is 0 Å². The lowest BCUT2D eigenvalue weighted by Gasteiger charge is -2.15. The van der Waals surface area contributed by atoms with E-state index in [0.29, 0.717) is 30.0 Å². The Morgan fingerprint density at radius 1 is 1.20 bits per heavy atom. The van der Waals surface area contributed by atoms with Gasteiger partial charge >= 0.3 is 0 Å². The minimum atomic E-state index is -0.791. The number of nitrogens with zero attached hydrogens (tertiary/aromatic N) is 1. The van der Waals surface area contributed by atoms with E-state index in [9.17, 15) is 14.4 Å². The van der Waals surface area contributed by atoms with Gasteiger partial charge in [0.05, 0.1) is 11.5 Å². The minimum absolute atomic E-state index is 0.0758. The standard InChI is InChI=1S/C23H22BrN3O3/c1-2-14-12-16(24)8-9-18(14)26-19(28)13-17-20(21(29)15-6-4-3-5-7-15)22-25-10-11-27(22)23(17)30/h3-9,12,17,25H,2,10-11,13H2,1H3,(H,26,28)/t17-/m0/s1. The average molecular weight is 468 g/mol. The number of fused-ring (bicyclic) bond motifs is 1. The fraction of sp³-hybridized carbons (Fsp3) is 0.261. The first-order chi connectivity index (χ1) is 14.5. The molecule has 0 aliphatic carbocycles. The normalized spacial score (nSPS) is 17.7. The lowest BCUT2D eigenvalue weighted by Crippen LogP contribution is -2.30. The first-order valence-electron chi connectivity index (χ1n) is 9.97. The maximum absolute atomic E-state index is 13.2. The Labute approximate surface area is 183 Å². The quantitative estimate of drug-likeness (QED) is 0.637. The second kappa shape index (κ2) is 8.44. The molecule has 7 heteroatoms. The largest absolute Gasteiger partial charge is 0.369 e. The predicted octanol–water partition coefficient (Wildman–Crippen LogP) is 3.50. The smallest absolute Gasteiger partial charge is 0.236 e. The van der Waals surface area contributed by atoms with Crippen LogP contribution in [0.1, 0.15) is 29.3 Å². The molecule has 0 aromatic heterocycles. The Morgan fingerprint density at radius 2 is 1.97 bits per heavy atom. The molecule has 2 aliphatic rings. The summed E-state index contributed by atoms with van der Waals surface area (Å²) in [5, 5.41) is 6.07. The molecule has 4 rings (SSSR count). The van der Waals surface area contributed by atoms with E-state index < -0.39 is 5.92 Å². The first-order valence-corrected chi connectivity index (χ1v) is 10.8. The molecule has 2 aliphatic heterocycles. The molecule has 1 saturated heterocycles. The van der Waals surface area contributed by atoms with Crippen molar-refractivity contribution in [2.24, 2.45) is 5.92 Å². The number of carbonyl (C=O) groups is 3. The summed E-state index contributed by atoms with van der Waals surface area (Å²) in [6, 6.07) is 14.5. The molecule has 2 aromatic carbocycles. The predicted molar refractivity (Wildman–Crippen MR) is 118 cm³/mol. The fourth-order valence-electron chi connectivity index (χ4n) is 3.99. The number of nitrogens with one attached hydrogen (secondary N) is 2. The van der Waals surface area contributed by atoms with Crippen LogP contribution in [0.25, 0.3) is 0 Å². The lowest BCUT2D eigenvalue weighted by atomic mass is 9.90. The SMILES string of the molecule is CCc1cc(Br)ccc1NC(=O)C[C@@H]1C(=O)N2CCNC2=C1C(=O)c1ccccc1. The van der Waals surface area contributed by atoms with Crippen LogP contribution in [0.15, 0.2) is 64.4 Å². The number of ketones is 1. The summed E-state index contributed by atoms with van der Waals surface area (Å²) in [7, 11) is 0. The van der Waals surface area contributed by atoms with Crippen LogP contribution < -0.4 is 10.6 Å². The molecule has 154 valence electrons. The fourth-order valence-corrected chi connectivity index (χ4v) is 4.40. The summed E-state index contributed by atoms with van der Waals surface area (Å²) < 4.78 is 0.940. The molecule has 2 heterocycles. The second-order valence-corrected chi connectivity index (χ2v) is 8.25. The molecule has 0 saturated carbocycles. The maximum atomic E-state index is 13.2. The van der Waals surface area contributed by atoms with Crippen molar-refractivity contribution in [1.82, 2.24) is 10.2 Å². The third-order valence-electron chi connectivity index (χ3n) is 5.46. The summed E-state index contributed by atoms with van der Waals surface area (Å²) in [5.74, 6) is -0.946. The topological polar surface area (TPSA) is 78.5 Å². The number of carbonyl (C=O) groups excluding carboxylic acids is 3. The summed E-state index contributed by atoms with van der Waals surface area (Å²) in [4.78, 5) is 40.6. The lowest BCUT2D eigenvalue weighted by molar-refractivity contribution is -0.132. The van der Waals surface area contributed by atoms with E-state index in [1.54, 1.807) is 29.2 Å². The number of aryl methyl sites for hydroxylation is 1. The summed E-state index contributed by atoms with van der Waals surface area (Å²) in [5.41, 5.74) is 2.61. The number of benzene rings is 2. The van der Waals surface area contributed by atoms with Crippen molar-refractivity contribution in [1.29, 1.82) is 0 Å². The number of Topliss-reactive ketones (excluding diaryl/α,β-unsaturated/α-hetero) is 1. The molecule has 2 amide bonds. The van der Waals surface area contributed by atoms with E-state index in [-0.39, 0.29) is 24.0 Å². The Morgan fingerprint density at radius 3 is 2.70 bits per heavy atom. The van der Waals surface area contributed by atoms with Crippen molar-refractivity contribution in [3.8, 4) is 0 Å². The Bertz CT molecular complexity index is 1050. The van der Waals surface area contributed by atoms with Gasteiger partial charge in [0.2, 0.25) is 11.8 Å². The van der Waals surface area contributed by atoms with Crippen LogP contribution in [0.3, 0.4) is 0 Å². The number of anilines is 1. The summed E-state index contributed by atoms with van der Waals surface area (Å²) in [6.07, 6.45) is 0.685. The van der Waals surface area contributed by atoms with E-state index in [1.807, 2.05) is 31.2 Å². The third-order valence-corrected chi connectivity index (χ3v) is 5.95. The van der Waals surface area contributed by atoms with Gasteiger partial charge in [0, 0.05) is 35.2 Å². The monoisotopic (exact) mass is 467 g/mol. The van der Waals surface area contributed by atoms with Gasteiger partial charge in [-0.2, -0.15) is 0 Å². The van der Waals surface area contributed by atoms with Crippen LogP contribution in [0, 0.1) is 5.92 Å². The van der Waals surface area contributed by atoms with E-state index >= 15 is 0 Å².